The number of nitrogens with one attached hydrogen (secondary N) is 1. The molecule has 0 spiro atoms. The van der Waals surface area contributed by atoms with E-state index in [9.17, 15) is 8.42 Å². The number of aromatic nitrogens is 1. The van der Waals surface area contributed by atoms with Crippen molar-refractivity contribution in [2.45, 2.75) is 11.4 Å². The van der Waals surface area contributed by atoms with E-state index in [0.717, 1.165) is 15.7 Å². The third kappa shape index (κ3) is 3.49. The van der Waals surface area contributed by atoms with Crippen molar-refractivity contribution in [2.24, 2.45) is 0 Å². The van der Waals surface area contributed by atoms with Gasteiger partial charge in [0.25, 0.3) is 0 Å². The minimum atomic E-state index is -3.16. The van der Waals surface area contributed by atoms with E-state index in [2.05, 4.69) is 26.2 Å². The SMILES string of the molecule is CS(=O)(=O)c1ccc(CNc2c(N)cncc2Br)cc1. The lowest BCUT2D eigenvalue weighted by atomic mass is 10.2. The summed E-state index contributed by atoms with van der Waals surface area (Å²) in [6.45, 7) is 0.539. The Morgan fingerprint density at radius 3 is 2.45 bits per heavy atom. The largest absolute Gasteiger partial charge is 0.396 e. The van der Waals surface area contributed by atoms with Gasteiger partial charge in [-0.15, -0.1) is 0 Å². The number of anilines is 2. The molecule has 0 radical (unpaired) electrons. The normalized spacial score (nSPS) is 11.3. The van der Waals surface area contributed by atoms with Crippen molar-refractivity contribution >= 4 is 37.1 Å². The summed E-state index contributed by atoms with van der Waals surface area (Å²) in [5, 5.41) is 3.19. The van der Waals surface area contributed by atoms with Crippen LogP contribution in [0.4, 0.5) is 11.4 Å². The number of hydrogen-bond acceptors (Lipinski definition) is 5. The Bertz CT molecular complexity index is 695. The molecule has 0 saturated carbocycles. The third-order valence-electron chi connectivity index (χ3n) is 2.75. The van der Waals surface area contributed by atoms with E-state index in [1.54, 1.807) is 36.7 Å². The highest BCUT2D eigenvalue weighted by Gasteiger charge is 2.07. The van der Waals surface area contributed by atoms with E-state index < -0.39 is 9.84 Å². The Balaban J connectivity index is 2.12. The summed E-state index contributed by atoms with van der Waals surface area (Å²) >= 11 is 3.37. The standard InChI is InChI=1S/C13H14BrN3O2S/c1-20(18,19)10-4-2-9(3-5-10)6-17-13-11(14)7-16-8-12(13)15/h2-5,7-8H,6,15H2,1H3,(H,16,17). The van der Waals surface area contributed by atoms with Crippen molar-refractivity contribution in [1.82, 2.24) is 4.98 Å². The van der Waals surface area contributed by atoms with E-state index in [0.29, 0.717) is 17.1 Å². The molecule has 7 heteroatoms. The summed E-state index contributed by atoms with van der Waals surface area (Å²) in [6, 6.07) is 6.73. The zero-order valence-electron chi connectivity index (χ0n) is 10.8. The van der Waals surface area contributed by atoms with Gasteiger partial charge in [-0.1, -0.05) is 12.1 Å². The summed E-state index contributed by atoms with van der Waals surface area (Å²) in [4.78, 5) is 4.27. The molecule has 3 N–H and O–H groups in total. The van der Waals surface area contributed by atoms with Gasteiger partial charge in [0.2, 0.25) is 0 Å². The molecule has 5 nitrogen and oxygen atoms in total. The second-order valence-electron chi connectivity index (χ2n) is 4.36. The number of halogens is 1. The summed E-state index contributed by atoms with van der Waals surface area (Å²) in [5.74, 6) is 0. The van der Waals surface area contributed by atoms with Crippen LogP contribution in [0.25, 0.3) is 0 Å². The van der Waals surface area contributed by atoms with E-state index >= 15 is 0 Å². The fourth-order valence-electron chi connectivity index (χ4n) is 1.68. The van der Waals surface area contributed by atoms with Crippen molar-refractivity contribution in [3.05, 3.63) is 46.7 Å². The number of pyridine rings is 1. The predicted molar refractivity (Wildman–Crippen MR) is 83.2 cm³/mol. The highest BCUT2D eigenvalue weighted by Crippen LogP contribution is 2.27. The summed E-state index contributed by atoms with van der Waals surface area (Å²) in [6.07, 6.45) is 4.42. The molecule has 2 aromatic rings. The lowest BCUT2D eigenvalue weighted by Crippen LogP contribution is -2.04. The van der Waals surface area contributed by atoms with Crippen molar-refractivity contribution in [1.29, 1.82) is 0 Å². The molecule has 0 aliphatic heterocycles. The van der Waals surface area contributed by atoms with Crippen molar-refractivity contribution in [3.8, 4) is 0 Å². The number of nitrogens with zero attached hydrogens (tertiary/aromatic N) is 1. The van der Waals surface area contributed by atoms with Gasteiger partial charge in [-0.25, -0.2) is 8.42 Å². The van der Waals surface area contributed by atoms with Gasteiger partial charge in [0.05, 0.1) is 26.9 Å². The Morgan fingerprint density at radius 1 is 1.25 bits per heavy atom. The quantitative estimate of drug-likeness (QED) is 0.879. The first-order valence-electron chi connectivity index (χ1n) is 5.80. The number of rotatable bonds is 4. The summed E-state index contributed by atoms with van der Waals surface area (Å²) < 4.78 is 23.5. The molecule has 0 fully saturated rings. The molecular weight excluding hydrogens is 342 g/mol. The molecule has 1 aromatic carbocycles. The highest BCUT2D eigenvalue weighted by molar-refractivity contribution is 9.10. The second-order valence-corrected chi connectivity index (χ2v) is 7.23. The monoisotopic (exact) mass is 355 g/mol. The fraction of sp³-hybridized carbons (Fsp3) is 0.154. The molecule has 0 saturated heterocycles. The number of benzene rings is 1. The van der Waals surface area contributed by atoms with E-state index in [1.807, 2.05) is 0 Å². The van der Waals surface area contributed by atoms with Crippen LogP contribution in [-0.4, -0.2) is 19.7 Å². The summed E-state index contributed by atoms with van der Waals surface area (Å²) in [7, 11) is -3.16. The molecule has 0 amide bonds. The number of nitrogens with two attached hydrogens (primary N) is 1. The number of sulfone groups is 1. The first-order valence-corrected chi connectivity index (χ1v) is 8.48. The summed E-state index contributed by atoms with van der Waals surface area (Å²) in [5.41, 5.74) is 8.11. The average Bonchev–Trinajstić information content (AvgIpc) is 2.37. The zero-order chi connectivity index (χ0) is 14.8. The van der Waals surface area contributed by atoms with Crippen LogP contribution in [0.1, 0.15) is 5.56 Å². The predicted octanol–water partition coefficient (Wildman–Crippen LogP) is 2.44. The van der Waals surface area contributed by atoms with E-state index in [4.69, 9.17) is 5.73 Å². The first kappa shape index (κ1) is 14.8. The minimum Gasteiger partial charge on any atom is -0.396 e. The fourth-order valence-corrected chi connectivity index (χ4v) is 2.80. The van der Waals surface area contributed by atoms with Crippen molar-refractivity contribution < 1.29 is 8.42 Å². The lowest BCUT2D eigenvalue weighted by molar-refractivity contribution is 0.602. The molecule has 0 bridgehead atoms. The van der Waals surface area contributed by atoms with Crippen LogP contribution in [0.5, 0.6) is 0 Å². The maximum atomic E-state index is 11.4. The maximum Gasteiger partial charge on any atom is 0.175 e. The van der Waals surface area contributed by atoms with Crippen LogP contribution >= 0.6 is 15.9 Å². The molecule has 1 aromatic heterocycles. The Labute approximate surface area is 126 Å². The zero-order valence-corrected chi connectivity index (χ0v) is 13.2. The Hall–Kier alpha value is -1.60. The van der Waals surface area contributed by atoms with Gasteiger partial charge < -0.3 is 11.1 Å². The van der Waals surface area contributed by atoms with E-state index in [1.165, 1.54) is 6.26 Å². The third-order valence-corrected chi connectivity index (χ3v) is 4.48. The number of hydrogen-bond donors (Lipinski definition) is 2. The number of nitrogen functional groups attached to an aromatic ring is 1. The topological polar surface area (TPSA) is 85.1 Å². The van der Waals surface area contributed by atoms with Crippen molar-refractivity contribution in [3.63, 3.8) is 0 Å². The van der Waals surface area contributed by atoms with Crippen LogP contribution in [0.15, 0.2) is 46.0 Å². The smallest absolute Gasteiger partial charge is 0.175 e. The van der Waals surface area contributed by atoms with Crippen LogP contribution in [-0.2, 0) is 16.4 Å². The van der Waals surface area contributed by atoms with Gasteiger partial charge in [-0.05, 0) is 33.6 Å². The molecule has 0 aliphatic carbocycles. The van der Waals surface area contributed by atoms with Gasteiger partial charge in [0.15, 0.2) is 9.84 Å². The molecule has 20 heavy (non-hydrogen) atoms. The van der Waals surface area contributed by atoms with Gasteiger partial charge in [-0.3, -0.25) is 4.98 Å². The Kier molecular flexibility index (Phi) is 4.29. The molecule has 106 valence electrons. The lowest BCUT2D eigenvalue weighted by Gasteiger charge is -2.11. The van der Waals surface area contributed by atoms with Crippen LogP contribution in [0.3, 0.4) is 0 Å². The highest BCUT2D eigenvalue weighted by atomic mass is 79.9. The molecule has 2 rings (SSSR count). The average molecular weight is 356 g/mol. The van der Waals surface area contributed by atoms with Gasteiger partial charge in [-0.2, -0.15) is 0 Å². The van der Waals surface area contributed by atoms with Gasteiger partial charge in [0.1, 0.15) is 0 Å². The first-order chi connectivity index (χ1) is 9.38. The van der Waals surface area contributed by atoms with Crippen molar-refractivity contribution in [2.75, 3.05) is 17.3 Å². The van der Waals surface area contributed by atoms with Gasteiger partial charge in [0, 0.05) is 19.0 Å². The maximum absolute atomic E-state index is 11.4. The van der Waals surface area contributed by atoms with Crippen LogP contribution in [0.2, 0.25) is 0 Å². The molecule has 0 unspecified atom stereocenters. The molecule has 0 aliphatic rings. The Morgan fingerprint density at radius 2 is 1.90 bits per heavy atom. The molecule has 0 atom stereocenters. The second kappa shape index (κ2) is 5.80. The van der Waals surface area contributed by atoms with E-state index in [-0.39, 0.29) is 0 Å². The minimum absolute atomic E-state index is 0.311. The molecular formula is C13H14BrN3O2S. The van der Waals surface area contributed by atoms with Gasteiger partial charge >= 0.3 is 0 Å². The van der Waals surface area contributed by atoms with Crippen LogP contribution in [0, 0.1) is 0 Å². The van der Waals surface area contributed by atoms with Crippen LogP contribution < -0.4 is 11.1 Å². The molecule has 1 heterocycles.